The first-order valence-electron chi connectivity index (χ1n) is 5.57. The molecule has 0 radical (unpaired) electrons. The van der Waals surface area contributed by atoms with Crippen molar-refractivity contribution in [3.8, 4) is 0 Å². The maximum Gasteiger partial charge on any atom is 0.0789 e. The van der Waals surface area contributed by atoms with Gasteiger partial charge >= 0.3 is 0 Å². The molecular weight excluding hydrogens is 200 g/mol. The summed E-state index contributed by atoms with van der Waals surface area (Å²) >= 11 is 0. The van der Waals surface area contributed by atoms with E-state index in [4.69, 9.17) is 0 Å². The Hall–Kier alpha value is -1.22. The summed E-state index contributed by atoms with van der Waals surface area (Å²) in [6.45, 7) is 5.59. The van der Waals surface area contributed by atoms with Crippen molar-refractivity contribution in [3.63, 3.8) is 0 Å². The average Bonchev–Trinajstić information content (AvgIpc) is 2.16. The van der Waals surface area contributed by atoms with Gasteiger partial charge in [0.25, 0.3) is 0 Å². The number of aliphatic hydroxyl groups is 1. The molecule has 3 nitrogen and oxygen atoms in total. The number of hydrogen-bond donors (Lipinski definition) is 2. The zero-order valence-corrected chi connectivity index (χ0v) is 10.8. The van der Waals surface area contributed by atoms with Crippen molar-refractivity contribution in [2.24, 2.45) is 0 Å². The molecule has 0 saturated heterocycles. The summed E-state index contributed by atoms with van der Waals surface area (Å²) < 4.78 is 0. The van der Waals surface area contributed by atoms with Crippen LogP contribution in [0.3, 0.4) is 0 Å². The molecule has 0 aromatic heterocycles. The molecule has 0 heterocycles. The van der Waals surface area contributed by atoms with Gasteiger partial charge in [0.15, 0.2) is 0 Å². The van der Waals surface area contributed by atoms with E-state index >= 15 is 0 Å². The molecule has 16 heavy (non-hydrogen) atoms. The summed E-state index contributed by atoms with van der Waals surface area (Å²) in [5.74, 6) is 0. The van der Waals surface area contributed by atoms with Crippen molar-refractivity contribution in [2.45, 2.75) is 32.4 Å². The number of anilines is 2. The number of benzene rings is 1. The summed E-state index contributed by atoms with van der Waals surface area (Å²) in [4.78, 5) is 2.06. The van der Waals surface area contributed by atoms with Gasteiger partial charge in [0, 0.05) is 25.5 Å². The fourth-order valence-corrected chi connectivity index (χ4v) is 1.30. The Kier molecular flexibility index (Phi) is 3.81. The van der Waals surface area contributed by atoms with Gasteiger partial charge in [0.2, 0.25) is 0 Å². The van der Waals surface area contributed by atoms with Gasteiger partial charge in [-0.25, -0.2) is 0 Å². The Bertz CT molecular complexity index is 342. The first kappa shape index (κ1) is 12.8. The summed E-state index contributed by atoms with van der Waals surface area (Å²) in [6.07, 6.45) is 0. The molecule has 0 amide bonds. The second-order valence-electron chi connectivity index (χ2n) is 4.96. The van der Waals surface area contributed by atoms with Crippen LogP contribution in [0.2, 0.25) is 0 Å². The topological polar surface area (TPSA) is 35.5 Å². The van der Waals surface area contributed by atoms with Crippen molar-refractivity contribution < 1.29 is 5.11 Å². The molecule has 2 N–H and O–H groups in total. The van der Waals surface area contributed by atoms with E-state index in [1.807, 2.05) is 33.2 Å². The molecule has 0 fully saturated rings. The van der Waals surface area contributed by atoms with E-state index in [1.54, 1.807) is 13.8 Å². The molecular formula is C13H22N2O. The average molecular weight is 222 g/mol. The highest BCUT2D eigenvalue weighted by Crippen LogP contribution is 2.20. The Labute approximate surface area is 98.1 Å². The van der Waals surface area contributed by atoms with E-state index in [1.165, 1.54) is 0 Å². The van der Waals surface area contributed by atoms with Gasteiger partial charge in [-0.15, -0.1) is 0 Å². The second kappa shape index (κ2) is 4.74. The summed E-state index contributed by atoms with van der Waals surface area (Å²) in [5.41, 5.74) is 1.45. The van der Waals surface area contributed by atoms with Crippen LogP contribution in [0.5, 0.6) is 0 Å². The van der Waals surface area contributed by atoms with Gasteiger partial charge < -0.3 is 15.3 Å². The molecule has 1 atom stereocenters. The molecule has 3 heteroatoms. The van der Waals surface area contributed by atoms with Crippen LogP contribution in [0.25, 0.3) is 0 Å². The third-order valence-corrected chi connectivity index (χ3v) is 2.81. The van der Waals surface area contributed by atoms with E-state index in [0.717, 1.165) is 11.4 Å². The summed E-state index contributed by atoms with van der Waals surface area (Å²) in [5, 5.41) is 13.2. The van der Waals surface area contributed by atoms with Crippen molar-refractivity contribution >= 4 is 11.4 Å². The monoisotopic (exact) mass is 222 g/mol. The van der Waals surface area contributed by atoms with Crippen LogP contribution in [0.4, 0.5) is 11.4 Å². The molecule has 1 aromatic carbocycles. The molecule has 0 saturated carbocycles. The van der Waals surface area contributed by atoms with E-state index in [0.29, 0.717) is 0 Å². The molecule has 1 aromatic rings. The Morgan fingerprint density at radius 2 is 1.94 bits per heavy atom. The Morgan fingerprint density at radius 3 is 2.44 bits per heavy atom. The lowest BCUT2D eigenvalue weighted by Gasteiger charge is -2.28. The third kappa shape index (κ3) is 3.42. The standard InChI is InChI=1S/C13H22N2O/c1-10(13(2,3)16)14-11-7-6-8-12(9-11)15(4)5/h6-10,14,16H,1-5H3. The second-order valence-corrected chi connectivity index (χ2v) is 4.96. The number of nitrogens with zero attached hydrogens (tertiary/aromatic N) is 1. The zero-order chi connectivity index (χ0) is 12.3. The van der Waals surface area contributed by atoms with Crippen molar-refractivity contribution in [2.75, 3.05) is 24.3 Å². The molecule has 1 rings (SSSR count). The number of rotatable bonds is 4. The van der Waals surface area contributed by atoms with Crippen LogP contribution in [-0.4, -0.2) is 30.8 Å². The Morgan fingerprint density at radius 1 is 1.31 bits per heavy atom. The van der Waals surface area contributed by atoms with Crippen LogP contribution in [-0.2, 0) is 0 Å². The lowest BCUT2D eigenvalue weighted by atomic mass is 10.0. The van der Waals surface area contributed by atoms with Gasteiger partial charge in [-0.3, -0.25) is 0 Å². The fraction of sp³-hybridized carbons (Fsp3) is 0.538. The normalized spacial score (nSPS) is 13.4. The lowest BCUT2D eigenvalue weighted by molar-refractivity contribution is 0.0649. The minimum absolute atomic E-state index is 0.00455. The van der Waals surface area contributed by atoms with Crippen LogP contribution < -0.4 is 10.2 Å². The number of nitrogens with one attached hydrogen (secondary N) is 1. The first-order valence-corrected chi connectivity index (χ1v) is 5.57. The largest absolute Gasteiger partial charge is 0.388 e. The van der Waals surface area contributed by atoms with Crippen molar-refractivity contribution in [1.82, 2.24) is 0 Å². The Balaban J connectivity index is 2.78. The van der Waals surface area contributed by atoms with Gasteiger partial charge in [0.1, 0.15) is 0 Å². The van der Waals surface area contributed by atoms with Gasteiger partial charge in [0.05, 0.1) is 11.6 Å². The van der Waals surface area contributed by atoms with Crippen LogP contribution in [0.1, 0.15) is 20.8 Å². The highest BCUT2D eigenvalue weighted by molar-refractivity contribution is 5.57. The third-order valence-electron chi connectivity index (χ3n) is 2.81. The molecule has 0 spiro atoms. The van der Waals surface area contributed by atoms with E-state index in [-0.39, 0.29) is 6.04 Å². The predicted molar refractivity (Wildman–Crippen MR) is 70.2 cm³/mol. The highest BCUT2D eigenvalue weighted by Gasteiger charge is 2.21. The van der Waals surface area contributed by atoms with Crippen molar-refractivity contribution in [1.29, 1.82) is 0 Å². The minimum Gasteiger partial charge on any atom is -0.388 e. The van der Waals surface area contributed by atoms with Gasteiger partial charge in [-0.1, -0.05) is 6.07 Å². The molecule has 0 aliphatic carbocycles. The lowest BCUT2D eigenvalue weighted by Crippen LogP contribution is -2.39. The van der Waals surface area contributed by atoms with Crippen LogP contribution in [0.15, 0.2) is 24.3 Å². The highest BCUT2D eigenvalue weighted by atomic mass is 16.3. The molecule has 1 unspecified atom stereocenters. The quantitative estimate of drug-likeness (QED) is 0.820. The predicted octanol–water partition coefficient (Wildman–Crippen LogP) is 2.32. The van der Waals surface area contributed by atoms with Gasteiger partial charge in [-0.05, 0) is 39.0 Å². The van der Waals surface area contributed by atoms with E-state index < -0.39 is 5.60 Å². The zero-order valence-electron chi connectivity index (χ0n) is 10.8. The van der Waals surface area contributed by atoms with Crippen LogP contribution in [0, 0.1) is 0 Å². The van der Waals surface area contributed by atoms with E-state index in [9.17, 15) is 5.11 Å². The minimum atomic E-state index is -0.728. The van der Waals surface area contributed by atoms with E-state index in [2.05, 4.69) is 22.3 Å². The summed E-state index contributed by atoms with van der Waals surface area (Å²) in [7, 11) is 4.02. The SMILES string of the molecule is CC(Nc1cccc(N(C)C)c1)C(C)(C)O. The fourth-order valence-electron chi connectivity index (χ4n) is 1.30. The summed E-state index contributed by atoms with van der Waals surface area (Å²) in [6, 6.07) is 8.15. The maximum atomic E-state index is 9.85. The first-order chi connectivity index (χ1) is 7.30. The van der Waals surface area contributed by atoms with Crippen molar-refractivity contribution in [3.05, 3.63) is 24.3 Å². The molecule has 0 aliphatic heterocycles. The maximum absolute atomic E-state index is 9.85. The molecule has 0 bridgehead atoms. The van der Waals surface area contributed by atoms with Crippen LogP contribution >= 0.6 is 0 Å². The van der Waals surface area contributed by atoms with Gasteiger partial charge in [-0.2, -0.15) is 0 Å². The molecule has 90 valence electrons. The smallest absolute Gasteiger partial charge is 0.0789 e. The number of hydrogen-bond acceptors (Lipinski definition) is 3. The molecule has 0 aliphatic rings.